The van der Waals surface area contributed by atoms with Crippen molar-refractivity contribution in [3.8, 4) is 5.75 Å². The van der Waals surface area contributed by atoms with E-state index in [0.717, 1.165) is 11.1 Å². The van der Waals surface area contributed by atoms with Gasteiger partial charge in [-0.2, -0.15) is 0 Å². The molecule has 0 aliphatic heterocycles. The molecule has 3 N–H and O–H groups in total. The van der Waals surface area contributed by atoms with Crippen LogP contribution in [0.15, 0.2) is 18.2 Å². The molecule has 63 valence electrons. The molecule has 12 heavy (non-hydrogen) atoms. The van der Waals surface area contributed by atoms with E-state index >= 15 is 0 Å². The van der Waals surface area contributed by atoms with Gasteiger partial charge in [0.1, 0.15) is 5.75 Å². The Balaban J connectivity index is 3.01. The third-order valence-corrected chi connectivity index (χ3v) is 1.67. The van der Waals surface area contributed by atoms with Crippen LogP contribution in [-0.2, 0) is 17.8 Å². The summed E-state index contributed by atoms with van der Waals surface area (Å²) in [7, 11) is 0. The van der Waals surface area contributed by atoms with Gasteiger partial charge in [-0.25, -0.2) is 0 Å². The van der Waals surface area contributed by atoms with Crippen molar-refractivity contribution in [1.29, 1.82) is 0 Å². The van der Waals surface area contributed by atoms with Crippen LogP contribution in [0.1, 0.15) is 11.1 Å². The van der Waals surface area contributed by atoms with Crippen molar-refractivity contribution in [3.63, 3.8) is 0 Å². The van der Waals surface area contributed by atoms with Crippen molar-refractivity contribution < 1.29 is 9.90 Å². The largest absolute Gasteiger partial charge is 0.508 e. The molecule has 1 aromatic carbocycles. The van der Waals surface area contributed by atoms with E-state index in [4.69, 9.17) is 10.8 Å². The van der Waals surface area contributed by atoms with E-state index in [1.165, 1.54) is 6.07 Å². The lowest BCUT2D eigenvalue weighted by atomic mass is 10.1. The van der Waals surface area contributed by atoms with Gasteiger partial charge in [0.25, 0.3) is 0 Å². The molecule has 0 aliphatic carbocycles. The fraction of sp³-hybridized carbons (Fsp3) is 0.222. The first-order valence-corrected chi connectivity index (χ1v) is 3.63. The highest BCUT2D eigenvalue weighted by Gasteiger charge is 2.01. The Hall–Kier alpha value is -1.35. The smallest absolute Gasteiger partial charge is 0.203 e. The Morgan fingerprint density at radius 1 is 1.42 bits per heavy atom. The standard InChI is InChI=1S/C9H10NO2/c10-6-8-5-9(12)2-1-7(8)3-4-11/h1-2,5,12H,3,6,10H2. The number of hydrogen-bond acceptors (Lipinski definition) is 3. The summed E-state index contributed by atoms with van der Waals surface area (Å²) in [5, 5.41) is 9.08. The number of rotatable bonds is 3. The lowest BCUT2D eigenvalue weighted by Crippen LogP contribution is -2.01. The van der Waals surface area contributed by atoms with Gasteiger partial charge in [-0.1, -0.05) is 6.07 Å². The molecule has 3 nitrogen and oxygen atoms in total. The normalized spacial score (nSPS) is 9.75. The maximum Gasteiger partial charge on any atom is 0.203 e. The first-order chi connectivity index (χ1) is 5.77. The number of benzene rings is 1. The molecule has 0 aromatic heterocycles. The van der Waals surface area contributed by atoms with E-state index in [-0.39, 0.29) is 12.2 Å². The lowest BCUT2D eigenvalue weighted by Gasteiger charge is -2.03. The molecule has 3 heteroatoms. The summed E-state index contributed by atoms with van der Waals surface area (Å²) < 4.78 is 0. The average Bonchev–Trinajstić information content (AvgIpc) is 2.08. The Kier molecular flexibility index (Phi) is 2.82. The molecule has 0 fully saturated rings. The van der Waals surface area contributed by atoms with E-state index in [1.807, 2.05) is 0 Å². The van der Waals surface area contributed by atoms with E-state index in [1.54, 1.807) is 18.4 Å². The van der Waals surface area contributed by atoms with Crippen molar-refractivity contribution in [1.82, 2.24) is 0 Å². The quantitative estimate of drug-likeness (QED) is 0.683. The third-order valence-electron chi connectivity index (χ3n) is 1.67. The molecule has 0 amide bonds. The van der Waals surface area contributed by atoms with Crippen LogP contribution in [0.3, 0.4) is 0 Å². The summed E-state index contributed by atoms with van der Waals surface area (Å²) in [4.78, 5) is 10.1. The van der Waals surface area contributed by atoms with Crippen molar-refractivity contribution >= 4 is 6.29 Å². The first-order valence-electron chi connectivity index (χ1n) is 3.63. The molecule has 1 aromatic rings. The average molecular weight is 164 g/mol. The molecule has 0 bridgehead atoms. The molecular formula is C9H10NO2. The monoisotopic (exact) mass is 164 g/mol. The van der Waals surface area contributed by atoms with Gasteiger partial charge in [0, 0.05) is 13.0 Å². The zero-order valence-corrected chi connectivity index (χ0v) is 6.58. The highest BCUT2D eigenvalue weighted by molar-refractivity contribution is 5.57. The van der Waals surface area contributed by atoms with Crippen LogP contribution >= 0.6 is 0 Å². The Morgan fingerprint density at radius 3 is 2.75 bits per heavy atom. The minimum Gasteiger partial charge on any atom is -0.508 e. The minimum atomic E-state index is 0.171. The topological polar surface area (TPSA) is 63.3 Å². The van der Waals surface area contributed by atoms with Gasteiger partial charge < -0.3 is 10.8 Å². The van der Waals surface area contributed by atoms with Gasteiger partial charge in [-0.15, -0.1) is 0 Å². The number of carbonyl (C=O) groups excluding carboxylic acids is 1. The van der Waals surface area contributed by atoms with Gasteiger partial charge in [0.05, 0.1) is 0 Å². The maximum atomic E-state index is 10.1. The fourth-order valence-electron chi connectivity index (χ4n) is 1.05. The number of phenols is 1. The molecule has 0 heterocycles. The van der Waals surface area contributed by atoms with Crippen LogP contribution in [0.25, 0.3) is 0 Å². The Labute approximate surface area is 70.8 Å². The van der Waals surface area contributed by atoms with Gasteiger partial charge in [-0.3, -0.25) is 4.79 Å². The van der Waals surface area contributed by atoms with E-state index in [2.05, 4.69) is 0 Å². The second-order valence-corrected chi connectivity index (χ2v) is 2.48. The summed E-state index contributed by atoms with van der Waals surface area (Å²) >= 11 is 0. The second kappa shape index (κ2) is 3.88. The highest BCUT2D eigenvalue weighted by Crippen LogP contribution is 2.15. The molecular weight excluding hydrogens is 154 g/mol. The first kappa shape index (κ1) is 8.74. The molecule has 0 atom stereocenters. The summed E-state index contributed by atoms with van der Waals surface area (Å²) in [6.45, 7) is 0.325. The van der Waals surface area contributed by atoms with Crippen LogP contribution in [0.4, 0.5) is 0 Å². The zero-order valence-electron chi connectivity index (χ0n) is 6.58. The van der Waals surface area contributed by atoms with Gasteiger partial charge in [0.15, 0.2) is 0 Å². The summed E-state index contributed by atoms with van der Waals surface area (Å²) in [5.74, 6) is 0.171. The van der Waals surface area contributed by atoms with Crippen LogP contribution in [0, 0.1) is 0 Å². The van der Waals surface area contributed by atoms with Crippen LogP contribution in [-0.4, -0.2) is 11.4 Å². The summed E-state index contributed by atoms with van der Waals surface area (Å²) in [6, 6.07) is 4.78. The number of hydrogen-bond donors (Lipinski definition) is 2. The van der Waals surface area contributed by atoms with Crippen LogP contribution in [0.2, 0.25) is 0 Å². The maximum absolute atomic E-state index is 10.1. The second-order valence-electron chi connectivity index (χ2n) is 2.48. The number of nitrogens with two attached hydrogens (primary N) is 1. The fourth-order valence-corrected chi connectivity index (χ4v) is 1.05. The summed E-state index contributed by atoms with van der Waals surface area (Å²) in [5.41, 5.74) is 7.02. The molecule has 0 unspecified atom stereocenters. The van der Waals surface area contributed by atoms with E-state index < -0.39 is 0 Å². The SMILES string of the molecule is NCc1cc(O)ccc1C[C]=O. The van der Waals surface area contributed by atoms with Crippen LogP contribution in [0.5, 0.6) is 5.75 Å². The molecule has 0 aliphatic rings. The predicted molar refractivity (Wildman–Crippen MR) is 45.4 cm³/mol. The van der Waals surface area contributed by atoms with Gasteiger partial charge >= 0.3 is 0 Å². The minimum absolute atomic E-state index is 0.171. The molecule has 1 radical (unpaired) electrons. The number of aromatic hydroxyl groups is 1. The third kappa shape index (κ3) is 1.83. The highest BCUT2D eigenvalue weighted by atomic mass is 16.3. The molecule has 0 spiro atoms. The number of phenolic OH excluding ortho intramolecular Hbond substituents is 1. The summed E-state index contributed by atoms with van der Waals surface area (Å²) in [6.07, 6.45) is 2.02. The van der Waals surface area contributed by atoms with Gasteiger partial charge in [-0.05, 0) is 23.3 Å². The van der Waals surface area contributed by atoms with Gasteiger partial charge in [0.2, 0.25) is 6.29 Å². The van der Waals surface area contributed by atoms with E-state index in [0.29, 0.717) is 6.54 Å². The Bertz CT molecular complexity index is 284. The van der Waals surface area contributed by atoms with Crippen molar-refractivity contribution in [2.45, 2.75) is 13.0 Å². The predicted octanol–water partition coefficient (Wildman–Crippen LogP) is 0.503. The lowest BCUT2D eigenvalue weighted by molar-refractivity contribution is 0.474. The molecule has 0 saturated heterocycles. The van der Waals surface area contributed by atoms with Crippen molar-refractivity contribution in [2.24, 2.45) is 5.73 Å². The Morgan fingerprint density at radius 2 is 2.17 bits per heavy atom. The van der Waals surface area contributed by atoms with Crippen molar-refractivity contribution in [3.05, 3.63) is 29.3 Å². The van der Waals surface area contributed by atoms with E-state index in [9.17, 15) is 4.79 Å². The van der Waals surface area contributed by atoms with Crippen molar-refractivity contribution in [2.75, 3.05) is 0 Å². The van der Waals surface area contributed by atoms with Crippen LogP contribution < -0.4 is 5.73 Å². The molecule has 0 saturated carbocycles. The molecule has 1 rings (SSSR count). The zero-order chi connectivity index (χ0) is 8.97.